The van der Waals surface area contributed by atoms with E-state index in [-0.39, 0.29) is 11.3 Å². The van der Waals surface area contributed by atoms with Crippen molar-refractivity contribution in [2.75, 3.05) is 19.8 Å². The average Bonchev–Trinajstić information content (AvgIpc) is 2.37. The van der Waals surface area contributed by atoms with Crippen LogP contribution < -0.4 is 5.32 Å². The van der Waals surface area contributed by atoms with E-state index in [1.807, 2.05) is 0 Å². The van der Waals surface area contributed by atoms with Gasteiger partial charge in [0.15, 0.2) is 0 Å². The molecule has 0 aromatic rings. The molecule has 2 saturated heterocycles. The number of carbonyl (C=O) groups is 1. The van der Waals surface area contributed by atoms with Gasteiger partial charge in [0.05, 0.1) is 0 Å². The number of amides is 1. The van der Waals surface area contributed by atoms with Crippen molar-refractivity contribution in [3.8, 4) is 0 Å². The summed E-state index contributed by atoms with van der Waals surface area (Å²) in [5.41, 5.74) is -0.227. The van der Waals surface area contributed by atoms with Crippen molar-refractivity contribution in [1.82, 2.24) is 5.32 Å². The topological polar surface area (TPSA) is 58.6 Å². The minimum Gasteiger partial charge on any atom is -0.383 e. The lowest BCUT2D eigenvalue weighted by atomic mass is 9.77. The maximum Gasteiger partial charge on any atom is 0.249 e. The van der Waals surface area contributed by atoms with Crippen LogP contribution in [0.5, 0.6) is 0 Å². The van der Waals surface area contributed by atoms with Crippen LogP contribution in [0.4, 0.5) is 0 Å². The number of ether oxygens (including phenoxy) is 1. The number of nitrogens with one attached hydrogen (secondary N) is 1. The molecule has 1 atom stereocenters. The Labute approximate surface area is 70.9 Å². The molecular formula is C8H13NO3. The van der Waals surface area contributed by atoms with Crippen LogP contribution in [0.15, 0.2) is 0 Å². The van der Waals surface area contributed by atoms with Crippen LogP contribution in [0.3, 0.4) is 0 Å². The summed E-state index contributed by atoms with van der Waals surface area (Å²) in [7, 11) is 0. The number of rotatable bonds is 0. The second kappa shape index (κ2) is 2.71. The summed E-state index contributed by atoms with van der Waals surface area (Å²) in [4.78, 5) is 11.0. The summed E-state index contributed by atoms with van der Waals surface area (Å²) >= 11 is 0. The summed E-state index contributed by atoms with van der Waals surface area (Å²) in [5.74, 6) is -0.225. The Bertz CT molecular complexity index is 198. The molecule has 0 radical (unpaired) electrons. The van der Waals surface area contributed by atoms with Crippen LogP contribution >= 0.6 is 0 Å². The number of aliphatic hydroxyl groups excluding tert-OH is 1. The molecule has 4 nitrogen and oxygen atoms in total. The van der Waals surface area contributed by atoms with Crippen molar-refractivity contribution in [2.45, 2.75) is 18.9 Å². The lowest BCUT2D eigenvalue weighted by Crippen LogP contribution is -2.40. The van der Waals surface area contributed by atoms with Gasteiger partial charge in [-0.15, -0.1) is 0 Å². The van der Waals surface area contributed by atoms with E-state index in [9.17, 15) is 9.90 Å². The first kappa shape index (κ1) is 8.01. The molecule has 0 aliphatic carbocycles. The Morgan fingerprint density at radius 1 is 1.50 bits per heavy atom. The summed E-state index contributed by atoms with van der Waals surface area (Å²) in [5, 5.41) is 12.3. The molecule has 1 unspecified atom stereocenters. The Morgan fingerprint density at radius 3 is 2.67 bits per heavy atom. The average molecular weight is 171 g/mol. The third-order valence-corrected chi connectivity index (χ3v) is 2.93. The Kier molecular flexibility index (Phi) is 1.81. The van der Waals surface area contributed by atoms with Crippen molar-refractivity contribution in [1.29, 1.82) is 0 Å². The smallest absolute Gasteiger partial charge is 0.249 e. The second-order valence-corrected chi connectivity index (χ2v) is 3.60. The van der Waals surface area contributed by atoms with Gasteiger partial charge in [-0.05, 0) is 12.8 Å². The maximum absolute atomic E-state index is 11.0. The normalized spacial score (nSPS) is 33.8. The third kappa shape index (κ3) is 1.03. The predicted molar refractivity (Wildman–Crippen MR) is 41.5 cm³/mol. The fourth-order valence-electron chi connectivity index (χ4n) is 1.96. The fourth-order valence-corrected chi connectivity index (χ4v) is 1.96. The van der Waals surface area contributed by atoms with E-state index in [4.69, 9.17) is 4.74 Å². The molecule has 12 heavy (non-hydrogen) atoms. The van der Waals surface area contributed by atoms with Crippen molar-refractivity contribution >= 4 is 5.91 Å². The molecule has 0 saturated carbocycles. The van der Waals surface area contributed by atoms with Gasteiger partial charge >= 0.3 is 0 Å². The van der Waals surface area contributed by atoms with Crippen LogP contribution in [0.1, 0.15) is 12.8 Å². The lowest BCUT2D eigenvalue weighted by molar-refractivity contribution is -0.131. The minimum atomic E-state index is -0.818. The molecule has 0 aromatic heterocycles. The van der Waals surface area contributed by atoms with Crippen molar-refractivity contribution in [3.05, 3.63) is 0 Å². The van der Waals surface area contributed by atoms with Crippen molar-refractivity contribution in [2.24, 2.45) is 5.41 Å². The zero-order valence-corrected chi connectivity index (χ0v) is 6.88. The van der Waals surface area contributed by atoms with Gasteiger partial charge in [-0.25, -0.2) is 0 Å². The largest absolute Gasteiger partial charge is 0.383 e. The van der Waals surface area contributed by atoms with E-state index in [1.165, 1.54) is 0 Å². The molecule has 2 heterocycles. The monoisotopic (exact) mass is 171 g/mol. The molecule has 0 aromatic carbocycles. The number of aliphatic hydroxyl groups is 1. The van der Waals surface area contributed by atoms with Crippen molar-refractivity contribution < 1.29 is 14.6 Å². The molecule has 2 aliphatic heterocycles. The molecule has 2 N–H and O–H groups in total. The van der Waals surface area contributed by atoms with Crippen LogP contribution in [0.2, 0.25) is 0 Å². The summed E-state index contributed by atoms with van der Waals surface area (Å²) in [6.07, 6.45) is 0.751. The number of hydrogen-bond acceptors (Lipinski definition) is 3. The summed E-state index contributed by atoms with van der Waals surface area (Å²) < 4.78 is 5.19. The molecule has 2 rings (SSSR count). The van der Waals surface area contributed by atoms with Crippen LogP contribution in [-0.4, -0.2) is 36.9 Å². The quantitative estimate of drug-likeness (QED) is 0.505. The molecule has 4 heteroatoms. The molecule has 1 amide bonds. The Morgan fingerprint density at radius 2 is 2.17 bits per heavy atom. The van der Waals surface area contributed by atoms with E-state index < -0.39 is 6.10 Å². The minimum absolute atomic E-state index is 0.225. The first-order valence-corrected chi connectivity index (χ1v) is 4.28. The zero-order chi connectivity index (χ0) is 8.60. The highest BCUT2D eigenvalue weighted by atomic mass is 16.5. The van der Waals surface area contributed by atoms with Crippen molar-refractivity contribution in [3.63, 3.8) is 0 Å². The zero-order valence-electron chi connectivity index (χ0n) is 6.88. The highest BCUT2D eigenvalue weighted by Crippen LogP contribution is 2.36. The van der Waals surface area contributed by atoms with Gasteiger partial charge in [-0.2, -0.15) is 0 Å². The Hall–Kier alpha value is -0.610. The molecule has 1 spiro atoms. The van der Waals surface area contributed by atoms with Gasteiger partial charge in [0, 0.05) is 25.2 Å². The summed E-state index contributed by atoms with van der Waals surface area (Å²) in [6.45, 7) is 1.92. The lowest BCUT2D eigenvalue weighted by Gasteiger charge is -2.33. The first-order valence-electron chi connectivity index (χ1n) is 4.28. The molecule has 2 aliphatic rings. The van der Waals surface area contributed by atoms with Gasteiger partial charge in [0.2, 0.25) is 5.91 Å². The van der Waals surface area contributed by atoms with E-state index in [0.29, 0.717) is 19.8 Å². The second-order valence-electron chi connectivity index (χ2n) is 3.60. The molecule has 2 fully saturated rings. The van der Waals surface area contributed by atoms with Crippen LogP contribution in [0.25, 0.3) is 0 Å². The van der Waals surface area contributed by atoms with Gasteiger partial charge in [0.25, 0.3) is 0 Å². The number of hydrogen-bond donors (Lipinski definition) is 2. The van der Waals surface area contributed by atoms with Crippen LogP contribution in [0, 0.1) is 5.41 Å². The van der Waals surface area contributed by atoms with Gasteiger partial charge in [-0.3, -0.25) is 4.79 Å². The van der Waals surface area contributed by atoms with Crippen LogP contribution in [-0.2, 0) is 9.53 Å². The van der Waals surface area contributed by atoms with Gasteiger partial charge in [0.1, 0.15) is 6.10 Å². The molecule has 68 valence electrons. The third-order valence-electron chi connectivity index (χ3n) is 2.93. The van der Waals surface area contributed by atoms with E-state index in [2.05, 4.69) is 5.32 Å². The maximum atomic E-state index is 11.0. The summed E-state index contributed by atoms with van der Waals surface area (Å²) in [6, 6.07) is 0. The highest BCUT2D eigenvalue weighted by molar-refractivity contribution is 5.84. The molecule has 0 bridgehead atoms. The van der Waals surface area contributed by atoms with E-state index in [0.717, 1.165) is 12.8 Å². The van der Waals surface area contributed by atoms with Gasteiger partial charge < -0.3 is 15.2 Å². The number of carbonyl (C=O) groups excluding carboxylic acids is 1. The standard InChI is InChI=1S/C8H13NO3/c10-6-7(11)9-5-8(6)1-3-12-4-2-8/h6,10H,1-5H2,(H,9,11). The molecular weight excluding hydrogens is 158 g/mol. The highest BCUT2D eigenvalue weighted by Gasteiger charge is 2.47. The van der Waals surface area contributed by atoms with E-state index in [1.54, 1.807) is 0 Å². The van der Waals surface area contributed by atoms with Gasteiger partial charge in [-0.1, -0.05) is 0 Å². The first-order chi connectivity index (χ1) is 5.75. The SMILES string of the molecule is O=C1NCC2(CCOCC2)C1O. The predicted octanol–water partition coefficient (Wildman–Crippen LogP) is -0.726. The Balaban J connectivity index is 2.14. The fraction of sp³-hybridized carbons (Fsp3) is 0.875. The van der Waals surface area contributed by atoms with E-state index >= 15 is 0 Å².